The number of rotatable bonds is 5. The van der Waals surface area contributed by atoms with Gasteiger partial charge in [0.05, 0.1) is 23.1 Å². The molecule has 0 saturated carbocycles. The predicted molar refractivity (Wildman–Crippen MR) is 148 cm³/mol. The second-order valence-corrected chi connectivity index (χ2v) is 12.5. The summed E-state index contributed by atoms with van der Waals surface area (Å²) >= 11 is 4.97. The van der Waals surface area contributed by atoms with E-state index in [1.807, 2.05) is 0 Å². The summed E-state index contributed by atoms with van der Waals surface area (Å²) in [7, 11) is 2.11. The smallest absolute Gasteiger partial charge is 0.318 e. The number of nitrogens with zero attached hydrogens (tertiary/aromatic N) is 5. The van der Waals surface area contributed by atoms with Gasteiger partial charge < -0.3 is 15.0 Å². The molecule has 1 N–H and O–H groups in total. The van der Waals surface area contributed by atoms with Crippen molar-refractivity contribution in [2.24, 2.45) is 5.41 Å². The van der Waals surface area contributed by atoms with Gasteiger partial charge in [0.2, 0.25) is 0 Å². The number of hydrogen-bond donors (Lipinski definition) is 2. The van der Waals surface area contributed by atoms with Crippen LogP contribution in [0.5, 0.6) is 6.01 Å². The van der Waals surface area contributed by atoms with Gasteiger partial charge in [0, 0.05) is 31.2 Å². The largest absolute Gasteiger partial charge is 0.461 e. The Bertz CT molecular complexity index is 1200. The molecule has 7 nitrogen and oxygen atoms in total. The van der Waals surface area contributed by atoms with Crippen LogP contribution < -0.4 is 15.0 Å². The van der Waals surface area contributed by atoms with E-state index in [1.165, 1.54) is 29.5 Å². The van der Waals surface area contributed by atoms with Crippen LogP contribution in [0.1, 0.15) is 54.5 Å². The van der Waals surface area contributed by atoms with Crippen LogP contribution in [0, 0.1) is 16.7 Å². The normalized spacial score (nSPS) is 29.5. The van der Waals surface area contributed by atoms with Crippen molar-refractivity contribution in [2.75, 3.05) is 44.7 Å². The van der Waals surface area contributed by atoms with Crippen LogP contribution in [0.4, 0.5) is 5.82 Å². The molecule has 3 heterocycles. The number of benzene rings is 1. The SMILES string of the molecule is CN1CCC[C@@]1(S)COc1nc2c(c(N3CCN[C@@H](CC#N)C3)n1)CCC1(CCc3ccccc3C1)C2. The minimum atomic E-state index is -0.277. The van der Waals surface area contributed by atoms with E-state index in [4.69, 9.17) is 27.3 Å². The lowest BCUT2D eigenvalue weighted by atomic mass is 9.63. The maximum absolute atomic E-state index is 9.28. The van der Waals surface area contributed by atoms with Crippen molar-refractivity contribution in [1.29, 1.82) is 5.26 Å². The second kappa shape index (κ2) is 10.1. The monoisotopic (exact) mass is 518 g/mol. The molecule has 1 aromatic carbocycles. The summed E-state index contributed by atoms with van der Waals surface area (Å²) < 4.78 is 6.33. The summed E-state index contributed by atoms with van der Waals surface area (Å²) in [6.45, 7) is 4.03. The fraction of sp³-hybridized carbons (Fsp3) is 0.621. The van der Waals surface area contributed by atoms with E-state index in [0.29, 0.717) is 19.0 Å². The lowest BCUT2D eigenvalue weighted by Gasteiger charge is -2.43. The zero-order chi connectivity index (χ0) is 25.5. The third-order valence-electron chi connectivity index (χ3n) is 9.21. The number of aromatic nitrogens is 2. The first-order chi connectivity index (χ1) is 18.0. The van der Waals surface area contributed by atoms with Crippen LogP contribution >= 0.6 is 12.6 Å². The quantitative estimate of drug-likeness (QED) is 0.586. The number of fused-ring (bicyclic) bond motifs is 2. The first kappa shape index (κ1) is 25.0. The summed E-state index contributed by atoms with van der Waals surface area (Å²) in [5.41, 5.74) is 5.72. The van der Waals surface area contributed by atoms with Crippen molar-refractivity contribution in [3.63, 3.8) is 0 Å². The first-order valence-electron chi connectivity index (χ1n) is 13.9. The number of ether oxygens (including phenoxy) is 1. The average molecular weight is 519 g/mol. The van der Waals surface area contributed by atoms with Crippen molar-refractivity contribution < 1.29 is 4.74 Å². The number of piperazine rings is 1. The average Bonchev–Trinajstić information content (AvgIpc) is 3.25. The van der Waals surface area contributed by atoms with Gasteiger partial charge in [0.1, 0.15) is 12.4 Å². The van der Waals surface area contributed by atoms with E-state index in [2.05, 4.69) is 52.5 Å². The molecule has 2 aliphatic heterocycles. The first-order valence-corrected chi connectivity index (χ1v) is 14.3. The molecular formula is C29H38N6OS. The highest BCUT2D eigenvalue weighted by Crippen LogP contribution is 2.46. The molecule has 8 heteroatoms. The van der Waals surface area contributed by atoms with Gasteiger partial charge in [-0.1, -0.05) is 24.3 Å². The lowest BCUT2D eigenvalue weighted by Crippen LogP contribution is -2.51. The van der Waals surface area contributed by atoms with Gasteiger partial charge in [-0.25, -0.2) is 0 Å². The minimum absolute atomic E-state index is 0.159. The van der Waals surface area contributed by atoms with E-state index >= 15 is 0 Å². The molecule has 0 bridgehead atoms. The highest BCUT2D eigenvalue weighted by molar-refractivity contribution is 7.81. The summed E-state index contributed by atoms with van der Waals surface area (Å²) in [6, 6.07) is 11.9. The van der Waals surface area contributed by atoms with Crippen molar-refractivity contribution in [3.05, 3.63) is 46.6 Å². The predicted octanol–water partition coefficient (Wildman–Crippen LogP) is 3.56. The van der Waals surface area contributed by atoms with Gasteiger partial charge in [-0.2, -0.15) is 27.9 Å². The number of anilines is 1. The molecular weight excluding hydrogens is 480 g/mol. The number of thiol groups is 1. The zero-order valence-electron chi connectivity index (χ0n) is 21.9. The topological polar surface area (TPSA) is 77.3 Å². The Hall–Kier alpha value is -2.34. The molecule has 196 valence electrons. The molecule has 1 spiro atoms. The van der Waals surface area contributed by atoms with Crippen LogP contribution in [0.15, 0.2) is 24.3 Å². The Labute approximate surface area is 226 Å². The second-order valence-electron chi connectivity index (χ2n) is 11.6. The molecule has 37 heavy (non-hydrogen) atoms. The third-order valence-corrected chi connectivity index (χ3v) is 9.91. The van der Waals surface area contributed by atoms with E-state index in [1.54, 1.807) is 0 Å². The molecule has 3 atom stereocenters. The highest BCUT2D eigenvalue weighted by atomic mass is 32.1. The number of likely N-dealkylation sites (tertiary alicyclic amines) is 1. The molecule has 1 aromatic heterocycles. The molecule has 1 unspecified atom stereocenters. The van der Waals surface area contributed by atoms with E-state index in [9.17, 15) is 5.26 Å². The molecule has 2 aromatic rings. The number of aryl methyl sites for hydroxylation is 1. The number of hydrogen-bond acceptors (Lipinski definition) is 8. The molecule has 6 rings (SSSR count). The molecule has 0 radical (unpaired) electrons. The number of likely N-dealkylation sites (N-methyl/N-ethyl adjacent to an activating group) is 1. The number of nitriles is 1. The van der Waals surface area contributed by atoms with Gasteiger partial charge in [-0.05, 0) is 81.5 Å². The van der Waals surface area contributed by atoms with Gasteiger partial charge in [-0.15, -0.1) is 0 Å². The Morgan fingerprint density at radius 2 is 1.97 bits per heavy atom. The van der Waals surface area contributed by atoms with Crippen LogP contribution in [0.25, 0.3) is 0 Å². The van der Waals surface area contributed by atoms with E-state index in [0.717, 1.165) is 76.2 Å². The van der Waals surface area contributed by atoms with Crippen molar-refractivity contribution in [1.82, 2.24) is 20.2 Å². The number of nitrogens with one attached hydrogen (secondary N) is 1. The van der Waals surface area contributed by atoms with Crippen molar-refractivity contribution in [2.45, 2.75) is 68.7 Å². The minimum Gasteiger partial charge on any atom is -0.461 e. The highest BCUT2D eigenvalue weighted by Gasteiger charge is 2.41. The Morgan fingerprint density at radius 1 is 1.14 bits per heavy atom. The molecule has 2 aliphatic carbocycles. The van der Waals surface area contributed by atoms with Crippen molar-refractivity contribution in [3.8, 4) is 12.1 Å². The molecule has 0 amide bonds. The Balaban J connectivity index is 1.31. The van der Waals surface area contributed by atoms with Gasteiger partial charge in [0.15, 0.2) is 0 Å². The van der Waals surface area contributed by atoms with Crippen LogP contribution in [0.2, 0.25) is 0 Å². The van der Waals surface area contributed by atoms with E-state index in [-0.39, 0.29) is 16.3 Å². The summed E-state index contributed by atoms with van der Waals surface area (Å²) in [5.74, 6) is 1.02. The van der Waals surface area contributed by atoms with E-state index < -0.39 is 0 Å². The summed E-state index contributed by atoms with van der Waals surface area (Å²) in [6.07, 6.45) is 9.26. The maximum atomic E-state index is 9.28. The fourth-order valence-electron chi connectivity index (χ4n) is 6.91. The lowest BCUT2D eigenvalue weighted by molar-refractivity contribution is 0.163. The Kier molecular flexibility index (Phi) is 6.81. The molecule has 4 aliphatic rings. The fourth-order valence-corrected chi connectivity index (χ4v) is 7.24. The zero-order valence-corrected chi connectivity index (χ0v) is 22.8. The maximum Gasteiger partial charge on any atom is 0.318 e. The van der Waals surface area contributed by atoms with Crippen LogP contribution in [0.3, 0.4) is 0 Å². The van der Waals surface area contributed by atoms with Crippen LogP contribution in [-0.2, 0) is 25.7 Å². The standard InChI is InChI=1S/C29H38N6OS/c1-34-15-4-10-29(34,37)20-36-27-32-25-18-28(11-7-21-5-2-3-6-22(21)17-28)12-8-24(25)26(33-27)35-16-14-31-23(19-35)9-13-30/h2-3,5-6,23,31,37H,4,7-12,14-20H2,1H3/t23-,28?,29+/m0/s1. The van der Waals surface area contributed by atoms with Crippen molar-refractivity contribution >= 4 is 18.4 Å². The molecule has 2 fully saturated rings. The van der Waals surface area contributed by atoms with Crippen LogP contribution in [-0.4, -0.2) is 65.6 Å². The summed E-state index contributed by atoms with van der Waals surface area (Å²) in [4.78, 5) is 14.4. The van der Waals surface area contributed by atoms with Gasteiger partial charge in [0.25, 0.3) is 0 Å². The van der Waals surface area contributed by atoms with Gasteiger partial charge in [-0.3, -0.25) is 4.90 Å². The Morgan fingerprint density at radius 3 is 2.78 bits per heavy atom. The van der Waals surface area contributed by atoms with Gasteiger partial charge >= 0.3 is 6.01 Å². The summed E-state index contributed by atoms with van der Waals surface area (Å²) in [5, 5.41) is 12.8. The third kappa shape index (κ3) is 4.94. The molecule has 2 saturated heterocycles.